The summed E-state index contributed by atoms with van der Waals surface area (Å²) in [6.45, 7) is 10.3. The van der Waals surface area contributed by atoms with Crippen molar-refractivity contribution in [2.45, 2.75) is 72.5 Å². The van der Waals surface area contributed by atoms with Gasteiger partial charge in [0, 0.05) is 29.6 Å². The number of hydrogen-bond acceptors (Lipinski definition) is 3. The lowest BCUT2D eigenvalue weighted by Crippen LogP contribution is -2.32. The zero-order chi connectivity index (χ0) is 18.0. The minimum atomic E-state index is 0.284. The summed E-state index contributed by atoms with van der Waals surface area (Å²) in [5, 5.41) is 6.76. The van der Waals surface area contributed by atoms with E-state index in [0.717, 1.165) is 38.0 Å². The van der Waals surface area contributed by atoms with Gasteiger partial charge in [0.05, 0.1) is 12.2 Å². The van der Waals surface area contributed by atoms with E-state index >= 15 is 0 Å². The zero-order valence-corrected chi connectivity index (χ0v) is 16.6. The standard InChI is InChI=1S/C20H29N3OS/c1-14(2)12-23-16(4)19(15(3)21-23)9-10-20(24)22(17-7-8-17)13-18-6-5-11-25-18/h5-6,11,14,17H,7-10,12-13H2,1-4H3. The van der Waals surface area contributed by atoms with Gasteiger partial charge in [0.2, 0.25) is 5.91 Å². The summed E-state index contributed by atoms with van der Waals surface area (Å²) >= 11 is 1.73. The van der Waals surface area contributed by atoms with Crippen LogP contribution < -0.4 is 0 Å². The predicted octanol–water partition coefficient (Wildman–Crippen LogP) is 4.34. The lowest BCUT2D eigenvalue weighted by Gasteiger charge is -2.22. The SMILES string of the molecule is Cc1nn(CC(C)C)c(C)c1CCC(=O)N(Cc1cccs1)C1CC1. The molecule has 1 aliphatic carbocycles. The van der Waals surface area contributed by atoms with Crippen molar-refractivity contribution in [3.63, 3.8) is 0 Å². The van der Waals surface area contributed by atoms with E-state index in [2.05, 4.69) is 59.9 Å². The third kappa shape index (κ3) is 4.51. The minimum Gasteiger partial charge on any atom is -0.335 e. The van der Waals surface area contributed by atoms with Gasteiger partial charge in [-0.2, -0.15) is 5.10 Å². The largest absolute Gasteiger partial charge is 0.335 e. The maximum Gasteiger partial charge on any atom is 0.223 e. The van der Waals surface area contributed by atoms with Crippen LogP contribution in [0.4, 0.5) is 0 Å². The molecule has 136 valence electrons. The first-order chi connectivity index (χ1) is 12.0. The highest BCUT2D eigenvalue weighted by Gasteiger charge is 2.32. The third-order valence-corrected chi connectivity index (χ3v) is 5.73. The van der Waals surface area contributed by atoms with Crippen molar-refractivity contribution in [2.75, 3.05) is 0 Å². The number of aromatic nitrogens is 2. The van der Waals surface area contributed by atoms with Gasteiger partial charge in [0.25, 0.3) is 0 Å². The molecule has 1 amide bonds. The second-order valence-electron chi connectivity index (χ2n) is 7.56. The Bertz CT molecular complexity index is 714. The number of nitrogens with zero attached hydrogens (tertiary/aromatic N) is 3. The van der Waals surface area contributed by atoms with Crippen LogP contribution in [0.15, 0.2) is 17.5 Å². The lowest BCUT2D eigenvalue weighted by molar-refractivity contribution is -0.132. The van der Waals surface area contributed by atoms with E-state index in [0.29, 0.717) is 18.4 Å². The Labute approximate surface area is 154 Å². The summed E-state index contributed by atoms with van der Waals surface area (Å²) in [5.41, 5.74) is 3.54. The molecule has 0 spiro atoms. The van der Waals surface area contributed by atoms with Crippen molar-refractivity contribution in [1.29, 1.82) is 0 Å². The van der Waals surface area contributed by atoms with Gasteiger partial charge in [-0.05, 0) is 56.0 Å². The van der Waals surface area contributed by atoms with Gasteiger partial charge in [-0.1, -0.05) is 19.9 Å². The molecule has 0 aromatic carbocycles. The van der Waals surface area contributed by atoms with E-state index in [-0.39, 0.29) is 5.91 Å². The Hall–Kier alpha value is -1.62. The molecule has 1 saturated carbocycles. The number of hydrogen-bond donors (Lipinski definition) is 0. The molecular weight excluding hydrogens is 330 g/mol. The molecule has 5 heteroatoms. The summed E-state index contributed by atoms with van der Waals surface area (Å²) in [5.74, 6) is 0.856. The molecule has 1 fully saturated rings. The smallest absolute Gasteiger partial charge is 0.223 e. The number of carbonyl (C=O) groups excluding carboxylic acids is 1. The molecule has 0 saturated heterocycles. The first-order valence-electron chi connectivity index (χ1n) is 9.30. The summed E-state index contributed by atoms with van der Waals surface area (Å²) < 4.78 is 2.10. The Morgan fingerprint density at radius 2 is 2.16 bits per heavy atom. The van der Waals surface area contributed by atoms with Crippen LogP contribution in [-0.4, -0.2) is 26.6 Å². The number of rotatable bonds is 8. The van der Waals surface area contributed by atoms with Crippen LogP contribution in [0.3, 0.4) is 0 Å². The molecule has 2 heterocycles. The number of thiophene rings is 1. The quantitative estimate of drug-likeness (QED) is 0.703. The highest BCUT2D eigenvalue weighted by atomic mass is 32.1. The van der Waals surface area contributed by atoms with E-state index in [1.54, 1.807) is 11.3 Å². The van der Waals surface area contributed by atoms with E-state index in [9.17, 15) is 4.79 Å². The molecule has 2 aromatic rings. The maximum atomic E-state index is 12.8. The number of carbonyl (C=O) groups is 1. The van der Waals surface area contributed by atoms with Crippen LogP contribution in [0.2, 0.25) is 0 Å². The number of amides is 1. The van der Waals surface area contributed by atoms with Gasteiger partial charge in [-0.25, -0.2) is 0 Å². The molecule has 0 bridgehead atoms. The Morgan fingerprint density at radius 1 is 1.40 bits per heavy atom. The van der Waals surface area contributed by atoms with Crippen LogP contribution in [0.1, 0.15) is 54.9 Å². The second kappa shape index (κ2) is 7.73. The van der Waals surface area contributed by atoms with E-state index in [1.807, 2.05) is 0 Å². The Morgan fingerprint density at radius 3 is 2.76 bits per heavy atom. The Kier molecular flexibility index (Phi) is 5.62. The van der Waals surface area contributed by atoms with Crippen molar-refractivity contribution >= 4 is 17.2 Å². The summed E-state index contributed by atoms with van der Waals surface area (Å²) in [7, 11) is 0. The number of aryl methyl sites for hydroxylation is 1. The summed E-state index contributed by atoms with van der Waals surface area (Å²) in [6, 6.07) is 4.64. The fourth-order valence-electron chi connectivity index (χ4n) is 3.37. The van der Waals surface area contributed by atoms with Crippen LogP contribution in [0, 0.1) is 19.8 Å². The van der Waals surface area contributed by atoms with Crippen LogP contribution in [0.25, 0.3) is 0 Å². The van der Waals surface area contributed by atoms with E-state index in [1.165, 1.54) is 16.1 Å². The zero-order valence-electron chi connectivity index (χ0n) is 15.8. The van der Waals surface area contributed by atoms with Gasteiger partial charge >= 0.3 is 0 Å². The average Bonchev–Trinajstić information content (AvgIpc) is 3.19. The topological polar surface area (TPSA) is 38.1 Å². The fraction of sp³-hybridized carbons (Fsp3) is 0.600. The van der Waals surface area contributed by atoms with Crippen molar-refractivity contribution in [3.8, 4) is 0 Å². The lowest BCUT2D eigenvalue weighted by atomic mass is 10.1. The normalized spacial score (nSPS) is 14.3. The molecule has 2 aromatic heterocycles. The fourth-order valence-corrected chi connectivity index (χ4v) is 4.08. The van der Waals surface area contributed by atoms with Crippen molar-refractivity contribution < 1.29 is 4.79 Å². The molecule has 0 unspecified atom stereocenters. The Balaban J connectivity index is 1.64. The maximum absolute atomic E-state index is 12.8. The molecule has 0 radical (unpaired) electrons. The van der Waals surface area contributed by atoms with Gasteiger partial charge in [0.1, 0.15) is 0 Å². The van der Waals surface area contributed by atoms with E-state index < -0.39 is 0 Å². The molecule has 0 N–H and O–H groups in total. The third-order valence-electron chi connectivity index (χ3n) is 4.87. The molecule has 0 aliphatic heterocycles. The van der Waals surface area contributed by atoms with Crippen LogP contribution in [0.5, 0.6) is 0 Å². The van der Waals surface area contributed by atoms with Crippen molar-refractivity contribution in [1.82, 2.24) is 14.7 Å². The highest BCUT2D eigenvalue weighted by Crippen LogP contribution is 2.30. The van der Waals surface area contributed by atoms with Gasteiger partial charge < -0.3 is 4.90 Å². The molecular formula is C20H29N3OS. The molecule has 25 heavy (non-hydrogen) atoms. The van der Waals surface area contributed by atoms with Crippen LogP contribution in [-0.2, 0) is 24.3 Å². The van der Waals surface area contributed by atoms with Crippen LogP contribution >= 0.6 is 11.3 Å². The van der Waals surface area contributed by atoms with Gasteiger partial charge in [-0.15, -0.1) is 11.3 Å². The molecule has 3 rings (SSSR count). The summed E-state index contributed by atoms with van der Waals surface area (Å²) in [4.78, 5) is 16.2. The van der Waals surface area contributed by atoms with E-state index in [4.69, 9.17) is 0 Å². The monoisotopic (exact) mass is 359 g/mol. The minimum absolute atomic E-state index is 0.284. The molecule has 4 nitrogen and oxygen atoms in total. The van der Waals surface area contributed by atoms with Gasteiger partial charge in [-0.3, -0.25) is 9.48 Å². The van der Waals surface area contributed by atoms with Gasteiger partial charge in [0.15, 0.2) is 0 Å². The van der Waals surface area contributed by atoms with Crippen molar-refractivity contribution in [2.24, 2.45) is 5.92 Å². The summed E-state index contributed by atoms with van der Waals surface area (Å²) in [6.07, 6.45) is 3.68. The molecule has 0 atom stereocenters. The average molecular weight is 360 g/mol. The first-order valence-corrected chi connectivity index (χ1v) is 10.2. The second-order valence-corrected chi connectivity index (χ2v) is 8.59. The first kappa shape index (κ1) is 18.2. The molecule has 1 aliphatic rings. The highest BCUT2D eigenvalue weighted by molar-refractivity contribution is 7.09. The van der Waals surface area contributed by atoms with Crippen molar-refractivity contribution in [3.05, 3.63) is 39.3 Å². The predicted molar refractivity (Wildman–Crippen MR) is 103 cm³/mol.